The van der Waals surface area contributed by atoms with Crippen molar-refractivity contribution in [2.75, 3.05) is 12.4 Å². The Morgan fingerprint density at radius 3 is 2.94 bits per heavy atom. The zero-order valence-electron chi connectivity index (χ0n) is 10.6. The molecule has 0 bridgehead atoms. The lowest BCUT2D eigenvalue weighted by Gasteiger charge is -2.29. The van der Waals surface area contributed by atoms with E-state index in [1.54, 1.807) is 6.92 Å². The van der Waals surface area contributed by atoms with Crippen LogP contribution < -0.4 is 0 Å². The molecule has 0 aliphatic carbocycles. The summed E-state index contributed by atoms with van der Waals surface area (Å²) in [5.74, 6) is 0.932. The number of esters is 1. The van der Waals surface area contributed by atoms with Crippen molar-refractivity contribution in [1.82, 2.24) is 10.1 Å². The summed E-state index contributed by atoms with van der Waals surface area (Å²) in [6.45, 7) is 6.46. The van der Waals surface area contributed by atoms with E-state index in [4.69, 9.17) is 9.26 Å². The average molecular weight is 288 g/mol. The average Bonchev–Trinajstić information content (AvgIpc) is 2.82. The van der Waals surface area contributed by atoms with Crippen LogP contribution in [0.25, 0.3) is 0 Å². The smallest absolute Gasteiger partial charge is 0.397 e. The Bertz CT molecular complexity index is 424. The topological polar surface area (TPSA) is 65.2 Å². The van der Waals surface area contributed by atoms with E-state index in [9.17, 15) is 4.79 Å². The highest BCUT2D eigenvalue weighted by Gasteiger charge is 2.30. The van der Waals surface area contributed by atoms with E-state index in [0.29, 0.717) is 22.9 Å². The maximum atomic E-state index is 11.4. The number of aromatic nitrogens is 2. The van der Waals surface area contributed by atoms with Gasteiger partial charge < -0.3 is 9.26 Å². The van der Waals surface area contributed by atoms with Crippen LogP contribution in [0.15, 0.2) is 4.52 Å². The molecule has 3 atom stereocenters. The van der Waals surface area contributed by atoms with Crippen molar-refractivity contribution in [3.63, 3.8) is 0 Å². The minimum absolute atomic E-state index is 0.0521. The molecule has 0 radical (unpaired) electrons. The standard InChI is InChI=1S/C11H16N2O3S2/c1-4-15-11(14)10-12-9(13-16-10)8-5-17-6(2)7(3)18-8/h6-8H,4-5H2,1-3H3. The predicted octanol–water partition coefficient (Wildman–Crippen LogP) is 2.54. The van der Waals surface area contributed by atoms with Crippen LogP contribution in [-0.4, -0.2) is 39.0 Å². The fourth-order valence-corrected chi connectivity index (χ4v) is 4.39. The molecule has 2 heterocycles. The third-order valence-electron chi connectivity index (χ3n) is 2.73. The Hall–Kier alpha value is -0.690. The van der Waals surface area contributed by atoms with Crippen LogP contribution in [0.3, 0.4) is 0 Å². The minimum Gasteiger partial charge on any atom is -0.459 e. The highest BCUT2D eigenvalue weighted by molar-refractivity contribution is 8.07. The first-order valence-electron chi connectivity index (χ1n) is 5.89. The van der Waals surface area contributed by atoms with Crippen LogP contribution in [0.5, 0.6) is 0 Å². The van der Waals surface area contributed by atoms with Gasteiger partial charge in [0.05, 0.1) is 11.9 Å². The van der Waals surface area contributed by atoms with Crippen molar-refractivity contribution in [2.24, 2.45) is 0 Å². The zero-order chi connectivity index (χ0) is 13.1. The first-order chi connectivity index (χ1) is 8.61. The molecule has 5 nitrogen and oxygen atoms in total. The minimum atomic E-state index is -0.550. The quantitative estimate of drug-likeness (QED) is 0.792. The normalized spacial score (nSPS) is 28.1. The molecule has 3 unspecified atom stereocenters. The first-order valence-corrected chi connectivity index (χ1v) is 7.88. The second-order valence-corrected chi connectivity index (χ2v) is 7.04. The molecular weight excluding hydrogens is 272 g/mol. The van der Waals surface area contributed by atoms with Gasteiger partial charge in [-0.05, 0) is 6.92 Å². The Kier molecular flexibility index (Phi) is 4.55. The van der Waals surface area contributed by atoms with E-state index in [0.717, 1.165) is 5.75 Å². The van der Waals surface area contributed by atoms with Crippen molar-refractivity contribution < 1.29 is 14.1 Å². The molecule has 2 rings (SSSR count). The number of nitrogens with zero attached hydrogens (tertiary/aromatic N) is 2. The highest BCUT2D eigenvalue weighted by Crippen LogP contribution is 2.43. The summed E-state index contributed by atoms with van der Waals surface area (Å²) in [6, 6.07) is 0. The van der Waals surface area contributed by atoms with Crippen LogP contribution >= 0.6 is 23.5 Å². The molecule has 1 aromatic rings. The fraction of sp³-hybridized carbons (Fsp3) is 0.727. The molecule has 0 spiro atoms. The van der Waals surface area contributed by atoms with E-state index in [1.165, 1.54) is 0 Å². The van der Waals surface area contributed by atoms with Gasteiger partial charge in [0.2, 0.25) is 0 Å². The third kappa shape index (κ3) is 3.00. The van der Waals surface area contributed by atoms with Crippen LogP contribution in [0.2, 0.25) is 0 Å². The SMILES string of the molecule is CCOC(=O)c1nc(C2CSC(C)C(C)S2)no1. The van der Waals surface area contributed by atoms with Gasteiger partial charge in [0.25, 0.3) is 0 Å². The Labute approximate surface area is 114 Å². The van der Waals surface area contributed by atoms with Crippen LogP contribution in [0.1, 0.15) is 42.5 Å². The van der Waals surface area contributed by atoms with E-state index in [-0.39, 0.29) is 11.1 Å². The van der Waals surface area contributed by atoms with Crippen molar-refractivity contribution in [2.45, 2.75) is 36.5 Å². The van der Waals surface area contributed by atoms with E-state index >= 15 is 0 Å². The number of carbonyl (C=O) groups excluding carboxylic acids is 1. The van der Waals surface area contributed by atoms with Crippen molar-refractivity contribution >= 4 is 29.5 Å². The molecule has 7 heteroatoms. The summed E-state index contributed by atoms with van der Waals surface area (Å²) >= 11 is 3.73. The Balaban J connectivity index is 2.04. The van der Waals surface area contributed by atoms with Gasteiger partial charge in [-0.1, -0.05) is 19.0 Å². The van der Waals surface area contributed by atoms with Gasteiger partial charge in [-0.3, -0.25) is 0 Å². The molecule has 1 saturated heterocycles. The molecular formula is C11H16N2O3S2. The lowest BCUT2D eigenvalue weighted by Crippen LogP contribution is -2.22. The number of carbonyl (C=O) groups is 1. The molecule has 0 saturated carbocycles. The maximum absolute atomic E-state index is 11.4. The van der Waals surface area contributed by atoms with Crippen LogP contribution in [0, 0.1) is 0 Å². The Morgan fingerprint density at radius 2 is 2.28 bits per heavy atom. The monoisotopic (exact) mass is 288 g/mol. The number of hydrogen-bond donors (Lipinski definition) is 0. The molecule has 0 amide bonds. The van der Waals surface area contributed by atoms with Gasteiger partial charge in [0.15, 0.2) is 5.82 Å². The predicted molar refractivity (Wildman–Crippen MR) is 72.0 cm³/mol. The lowest BCUT2D eigenvalue weighted by molar-refractivity contribution is 0.0470. The number of thioether (sulfide) groups is 2. The second kappa shape index (κ2) is 5.97. The van der Waals surface area contributed by atoms with Gasteiger partial charge in [-0.25, -0.2) is 4.79 Å². The molecule has 0 N–H and O–H groups in total. The summed E-state index contributed by atoms with van der Waals surface area (Å²) in [6.07, 6.45) is 0. The van der Waals surface area contributed by atoms with E-state index in [2.05, 4.69) is 24.0 Å². The summed E-state index contributed by atoms with van der Waals surface area (Å²) in [5.41, 5.74) is 0. The number of ether oxygens (including phenoxy) is 1. The van der Waals surface area contributed by atoms with Gasteiger partial charge in [-0.2, -0.15) is 16.7 Å². The van der Waals surface area contributed by atoms with Crippen LogP contribution in [-0.2, 0) is 4.74 Å². The molecule has 100 valence electrons. The zero-order valence-corrected chi connectivity index (χ0v) is 12.2. The summed E-state index contributed by atoms with van der Waals surface area (Å²) < 4.78 is 9.76. The van der Waals surface area contributed by atoms with Gasteiger partial charge in [-0.15, -0.1) is 11.8 Å². The molecule has 0 aromatic carbocycles. The Morgan fingerprint density at radius 1 is 1.50 bits per heavy atom. The number of rotatable bonds is 3. The van der Waals surface area contributed by atoms with Crippen LogP contribution in [0.4, 0.5) is 0 Å². The summed E-state index contributed by atoms with van der Waals surface area (Å²) in [4.78, 5) is 15.6. The maximum Gasteiger partial charge on any atom is 0.397 e. The summed E-state index contributed by atoms with van der Waals surface area (Å²) in [5, 5.41) is 5.24. The molecule has 1 aromatic heterocycles. The molecule has 1 aliphatic rings. The van der Waals surface area contributed by atoms with Crippen molar-refractivity contribution in [3.05, 3.63) is 11.7 Å². The molecule has 1 fully saturated rings. The molecule has 18 heavy (non-hydrogen) atoms. The van der Waals surface area contributed by atoms with Crippen molar-refractivity contribution in [1.29, 1.82) is 0 Å². The van der Waals surface area contributed by atoms with Crippen molar-refractivity contribution in [3.8, 4) is 0 Å². The fourth-order valence-electron chi connectivity index (χ4n) is 1.56. The summed E-state index contributed by atoms with van der Waals surface area (Å²) in [7, 11) is 0. The van der Waals surface area contributed by atoms with Gasteiger partial charge in [0.1, 0.15) is 0 Å². The first kappa shape index (κ1) is 13.7. The number of hydrogen-bond acceptors (Lipinski definition) is 7. The van der Waals surface area contributed by atoms with Gasteiger partial charge >= 0.3 is 11.9 Å². The van der Waals surface area contributed by atoms with E-state index in [1.807, 2.05) is 23.5 Å². The third-order valence-corrected chi connectivity index (χ3v) is 6.12. The lowest BCUT2D eigenvalue weighted by atomic mass is 10.3. The van der Waals surface area contributed by atoms with Gasteiger partial charge in [0, 0.05) is 16.3 Å². The van der Waals surface area contributed by atoms with E-state index < -0.39 is 5.97 Å². The largest absolute Gasteiger partial charge is 0.459 e. The molecule has 1 aliphatic heterocycles. The highest BCUT2D eigenvalue weighted by atomic mass is 32.2. The second-order valence-electron chi connectivity index (χ2n) is 4.05.